The fourth-order valence-electron chi connectivity index (χ4n) is 2.31. The van der Waals surface area contributed by atoms with Gasteiger partial charge in [-0.25, -0.2) is 4.39 Å². The molecular formula is C13H20FN3S. The zero-order valence-electron chi connectivity index (χ0n) is 10.6. The summed E-state index contributed by atoms with van der Waals surface area (Å²) in [6, 6.07) is 7.29. The second kappa shape index (κ2) is 6.52. The van der Waals surface area contributed by atoms with Crippen LogP contribution >= 0.6 is 11.8 Å². The van der Waals surface area contributed by atoms with Crippen LogP contribution in [0.5, 0.6) is 0 Å². The molecule has 1 aromatic rings. The molecule has 1 aliphatic rings. The lowest BCUT2D eigenvalue weighted by molar-refractivity contribution is 0.214. The lowest BCUT2D eigenvalue weighted by Crippen LogP contribution is -2.55. The Kier molecular flexibility index (Phi) is 5.00. The molecule has 0 radical (unpaired) electrons. The van der Waals surface area contributed by atoms with Crippen LogP contribution in [-0.2, 0) is 6.42 Å². The highest BCUT2D eigenvalue weighted by Crippen LogP contribution is 2.19. The van der Waals surface area contributed by atoms with E-state index in [2.05, 4.69) is 17.4 Å². The molecule has 2 atom stereocenters. The van der Waals surface area contributed by atoms with E-state index < -0.39 is 0 Å². The first-order chi connectivity index (χ1) is 8.70. The maximum atomic E-state index is 12.9. The number of hydrazine groups is 1. The van der Waals surface area contributed by atoms with E-state index in [4.69, 9.17) is 5.84 Å². The van der Waals surface area contributed by atoms with Crippen LogP contribution in [0.3, 0.4) is 0 Å². The van der Waals surface area contributed by atoms with E-state index in [9.17, 15) is 4.39 Å². The van der Waals surface area contributed by atoms with Gasteiger partial charge in [-0.15, -0.1) is 0 Å². The van der Waals surface area contributed by atoms with Gasteiger partial charge in [0.05, 0.1) is 0 Å². The van der Waals surface area contributed by atoms with Crippen molar-refractivity contribution in [2.45, 2.75) is 18.5 Å². The first-order valence-electron chi connectivity index (χ1n) is 6.19. The third-order valence-corrected chi connectivity index (χ3v) is 4.54. The van der Waals surface area contributed by atoms with E-state index >= 15 is 0 Å². The van der Waals surface area contributed by atoms with Crippen LogP contribution in [0.4, 0.5) is 4.39 Å². The average molecular weight is 269 g/mol. The zero-order valence-corrected chi connectivity index (χ0v) is 11.4. The third kappa shape index (κ3) is 3.45. The zero-order chi connectivity index (χ0) is 13.0. The van der Waals surface area contributed by atoms with Gasteiger partial charge in [-0.2, -0.15) is 11.8 Å². The standard InChI is InChI=1S/C13H20FN3S/c1-17-6-7-18-9-13(17)12(16-15)8-10-2-4-11(14)5-3-10/h2-5,12-13,16H,6-9,15H2,1H3. The third-order valence-electron chi connectivity index (χ3n) is 3.49. The average Bonchev–Trinajstić information content (AvgIpc) is 2.39. The van der Waals surface area contributed by atoms with Gasteiger partial charge >= 0.3 is 0 Å². The highest BCUT2D eigenvalue weighted by atomic mass is 32.2. The van der Waals surface area contributed by atoms with Crippen molar-refractivity contribution in [3.63, 3.8) is 0 Å². The number of likely N-dealkylation sites (N-methyl/N-ethyl adjacent to an activating group) is 1. The number of rotatable bonds is 4. The summed E-state index contributed by atoms with van der Waals surface area (Å²) in [5.74, 6) is 7.76. The number of nitrogens with zero attached hydrogens (tertiary/aromatic N) is 1. The van der Waals surface area contributed by atoms with Crippen LogP contribution in [0, 0.1) is 5.82 Å². The van der Waals surface area contributed by atoms with Crippen LogP contribution in [0.2, 0.25) is 0 Å². The smallest absolute Gasteiger partial charge is 0.123 e. The van der Waals surface area contributed by atoms with Crippen molar-refractivity contribution >= 4 is 11.8 Å². The van der Waals surface area contributed by atoms with E-state index in [1.54, 1.807) is 0 Å². The van der Waals surface area contributed by atoms with Crippen molar-refractivity contribution in [3.05, 3.63) is 35.6 Å². The first kappa shape index (κ1) is 13.8. The van der Waals surface area contributed by atoms with Crippen molar-refractivity contribution < 1.29 is 4.39 Å². The summed E-state index contributed by atoms with van der Waals surface area (Å²) < 4.78 is 12.9. The largest absolute Gasteiger partial charge is 0.300 e. The van der Waals surface area contributed by atoms with Gasteiger partial charge in [0, 0.05) is 30.1 Å². The first-order valence-corrected chi connectivity index (χ1v) is 7.34. The Labute approximate surface area is 112 Å². The maximum absolute atomic E-state index is 12.9. The molecule has 0 saturated carbocycles. The summed E-state index contributed by atoms with van der Waals surface area (Å²) >= 11 is 1.97. The van der Waals surface area contributed by atoms with E-state index in [1.165, 1.54) is 17.9 Å². The number of hydrogen-bond donors (Lipinski definition) is 2. The summed E-state index contributed by atoms with van der Waals surface area (Å²) in [5, 5.41) is 0. The van der Waals surface area contributed by atoms with Crippen molar-refractivity contribution in [2.24, 2.45) is 5.84 Å². The van der Waals surface area contributed by atoms with Crippen LogP contribution in [-0.4, -0.2) is 42.1 Å². The highest BCUT2D eigenvalue weighted by Gasteiger charge is 2.27. The predicted octanol–water partition coefficient (Wildman–Crippen LogP) is 1.25. The number of benzene rings is 1. The van der Waals surface area contributed by atoms with Gasteiger partial charge in [0.1, 0.15) is 5.82 Å². The molecule has 0 aromatic heterocycles. The van der Waals surface area contributed by atoms with Gasteiger partial charge in [-0.3, -0.25) is 11.3 Å². The lowest BCUT2D eigenvalue weighted by Gasteiger charge is -2.37. The Bertz CT molecular complexity index is 371. The number of hydrogen-bond acceptors (Lipinski definition) is 4. The van der Waals surface area contributed by atoms with E-state index in [0.717, 1.165) is 24.3 Å². The number of nitrogens with one attached hydrogen (secondary N) is 1. The number of nitrogens with two attached hydrogens (primary N) is 1. The fourth-order valence-corrected chi connectivity index (χ4v) is 3.62. The maximum Gasteiger partial charge on any atom is 0.123 e. The molecule has 0 amide bonds. The number of thioether (sulfide) groups is 1. The molecule has 1 aliphatic heterocycles. The summed E-state index contributed by atoms with van der Waals surface area (Å²) in [7, 11) is 2.14. The van der Waals surface area contributed by atoms with Crippen molar-refractivity contribution in [1.29, 1.82) is 0 Å². The monoisotopic (exact) mass is 269 g/mol. The van der Waals surface area contributed by atoms with Crippen LogP contribution < -0.4 is 11.3 Å². The summed E-state index contributed by atoms with van der Waals surface area (Å²) in [5.41, 5.74) is 4.03. The van der Waals surface area contributed by atoms with Gasteiger partial charge in [0.25, 0.3) is 0 Å². The second-order valence-corrected chi connectivity index (χ2v) is 5.88. The molecule has 0 spiro atoms. The Balaban J connectivity index is 2.02. The topological polar surface area (TPSA) is 41.3 Å². The van der Waals surface area contributed by atoms with Crippen LogP contribution in [0.15, 0.2) is 24.3 Å². The van der Waals surface area contributed by atoms with Gasteiger partial charge in [0.15, 0.2) is 0 Å². The molecule has 5 heteroatoms. The van der Waals surface area contributed by atoms with Gasteiger partial charge in [-0.05, 0) is 31.2 Å². The molecule has 0 bridgehead atoms. The SMILES string of the molecule is CN1CCSCC1C(Cc1ccc(F)cc1)NN. The van der Waals surface area contributed by atoms with Crippen molar-refractivity contribution in [2.75, 3.05) is 25.1 Å². The molecule has 18 heavy (non-hydrogen) atoms. The Morgan fingerprint density at radius 2 is 2.22 bits per heavy atom. The minimum absolute atomic E-state index is 0.193. The lowest BCUT2D eigenvalue weighted by atomic mass is 10.00. The van der Waals surface area contributed by atoms with E-state index in [1.807, 2.05) is 23.9 Å². The fraction of sp³-hybridized carbons (Fsp3) is 0.538. The molecule has 1 heterocycles. The Morgan fingerprint density at radius 3 is 2.83 bits per heavy atom. The molecule has 100 valence electrons. The predicted molar refractivity (Wildman–Crippen MR) is 75.0 cm³/mol. The number of halogens is 1. The summed E-state index contributed by atoms with van der Waals surface area (Å²) in [4.78, 5) is 2.35. The quantitative estimate of drug-likeness (QED) is 0.637. The minimum Gasteiger partial charge on any atom is -0.300 e. The molecule has 1 aromatic carbocycles. The van der Waals surface area contributed by atoms with E-state index in [0.29, 0.717) is 6.04 Å². The molecule has 3 N–H and O–H groups in total. The van der Waals surface area contributed by atoms with Crippen molar-refractivity contribution in [3.8, 4) is 0 Å². The van der Waals surface area contributed by atoms with Crippen molar-refractivity contribution in [1.82, 2.24) is 10.3 Å². The van der Waals surface area contributed by atoms with Gasteiger partial charge in [0.2, 0.25) is 0 Å². The molecule has 1 fully saturated rings. The highest BCUT2D eigenvalue weighted by molar-refractivity contribution is 7.99. The summed E-state index contributed by atoms with van der Waals surface area (Å²) in [6.07, 6.45) is 0.826. The second-order valence-electron chi connectivity index (χ2n) is 4.73. The Hall–Kier alpha value is -0.620. The molecule has 3 nitrogen and oxygen atoms in total. The molecule has 1 saturated heterocycles. The molecular weight excluding hydrogens is 249 g/mol. The molecule has 0 aliphatic carbocycles. The van der Waals surface area contributed by atoms with E-state index in [-0.39, 0.29) is 11.9 Å². The van der Waals surface area contributed by atoms with Gasteiger partial charge < -0.3 is 4.90 Å². The van der Waals surface area contributed by atoms with Crippen LogP contribution in [0.25, 0.3) is 0 Å². The minimum atomic E-state index is -0.193. The van der Waals surface area contributed by atoms with Crippen LogP contribution in [0.1, 0.15) is 5.56 Å². The van der Waals surface area contributed by atoms with Gasteiger partial charge in [-0.1, -0.05) is 12.1 Å². The normalized spacial score (nSPS) is 22.9. The summed E-state index contributed by atoms with van der Waals surface area (Å²) in [6.45, 7) is 1.09. The molecule has 2 unspecified atom stereocenters. The molecule has 2 rings (SSSR count). The Morgan fingerprint density at radius 1 is 1.50 bits per heavy atom.